The van der Waals surface area contributed by atoms with Crippen LogP contribution in [0.2, 0.25) is 0 Å². The molecular formula is C10H16ClNOS. The molecule has 0 bridgehead atoms. The zero-order chi connectivity index (χ0) is 9.68. The van der Waals surface area contributed by atoms with Crippen LogP contribution in [-0.4, -0.2) is 18.0 Å². The highest BCUT2D eigenvalue weighted by atomic mass is 35.5. The zero-order valence-electron chi connectivity index (χ0n) is 8.14. The van der Waals surface area contributed by atoms with Crippen LogP contribution in [0, 0.1) is 0 Å². The van der Waals surface area contributed by atoms with Crippen LogP contribution in [0.5, 0.6) is 0 Å². The van der Waals surface area contributed by atoms with Crippen molar-refractivity contribution in [3.63, 3.8) is 0 Å². The van der Waals surface area contributed by atoms with E-state index in [2.05, 4.69) is 6.07 Å². The number of aliphatic hydroxyl groups is 1. The molecule has 0 amide bonds. The van der Waals surface area contributed by atoms with Crippen molar-refractivity contribution in [2.24, 2.45) is 5.73 Å². The first-order valence-electron chi connectivity index (χ1n) is 4.29. The monoisotopic (exact) mass is 233 g/mol. The van der Waals surface area contributed by atoms with Gasteiger partial charge in [-0.25, -0.2) is 0 Å². The van der Waals surface area contributed by atoms with Gasteiger partial charge >= 0.3 is 0 Å². The fraction of sp³-hybridized carbons (Fsp3) is 0.400. The predicted octanol–water partition coefficient (Wildman–Crippen LogP) is 2.21. The van der Waals surface area contributed by atoms with E-state index in [0.29, 0.717) is 6.42 Å². The van der Waals surface area contributed by atoms with E-state index >= 15 is 0 Å². The predicted molar refractivity (Wildman–Crippen MR) is 64.1 cm³/mol. The summed E-state index contributed by atoms with van der Waals surface area (Å²) >= 11 is 1.69. The molecule has 1 unspecified atom stereocenters. The molecule has 80 valence electrons. The van der Waals surface area contributed by atoms with Crippen molar-refractivity contribution < 1.29 is 5.11 Å². The summed E-state index contributed by atoms with van der Waals surface area (Å²) in [4.78, 5) is 1.20. The van der Waals surface area contributed by atoms with Gasteiger partial charge in [0.05, 0.1) is 0 Å². The summed E-state index contributed by atoms with van der Waals surface area (Å²) in [5.74, 6) is 0. The Kier molecular flexibility index (Phi) is 7.01. The van der Waals surface area contributed by atoms with Gasteiger partial charge in [-0.3, -0.25) is 0 Å². The third-order valence-corrected chi connectivity index (χ3v) is 2.79. The van der Waals surface area contributed by atoms with Gasteiger partial charge in [0.1, 0.15) is 0 Å². The second-order valence-corrected chi connectivity index (χ2v) is 3.71. The smallest absolute Gasteiger partial charge is 0.0449 e. The minimum Gasteiger partial charge on any atom is -0.396 e. The molecule has 1 rings (SSSR count). The van der Waals surface area contributed by atoms with Crippen molar-refractivity contribution in [2.75, 3.05) is 12.9 Å². The molecular weight excluding hydrogens is 218 g/mol. The Balaban J connectivity index is 0.00000169. The fourth-order valence-electron chi connectivity index (χ4n) is 1.27. The average Bonchev–Trinajstić information content (AvgIpc) is 2.18. The summed E-state index contributed by atoms with van der Waals surface area (Å²) in [6, 6.07) is 8.00. The molecule has 1 atom stereocenters. The van der Waals surface area contributed by atoms with E-state index in [1.54, 1.807) is 11.8 Å². The van der Waals surface area contributed by atoms with Crippen LogP contribution in [0.25, 0.3) is 0 Å². The molecule has 1 aromatic carbocycles. The van der Waals surface area contributed by atoms with Gasteiger partial charge < -0.3 is 10.8 Å². The van der Waals surface area contributed by atoms with Gasteiger partial charge in [0, 0.05) is 17.5 Å². The lowest BCUT2D eigenvalue weighted by Crippen LogP contribution is -2.12. The fourth-order valence-corrected chi connectivity index (χ4v) is 1.94. The van der Waals surface area contributed by atoms with Crippen LogP contribution in [0.3, 0.4) is 0 Å². The van der Waals surface area contributed by atoms with Crippen molar-refractivity contribution in [1.29, 1.82) is 0 Å². The van der Waals surface area contributed by atoms with E-state index in [0.717, 1.165) is 5.56 Å². The number of aliphatic hydroxyl groups excluding tert-OH is 1. The van der Waals surface area contributed by atoms with Gasteiger partial charge in [-0.1, -0.05) is 18.2 Å². The molecule has 3 N–H and O–H groups in total. The number of rotatable bonds is 4. The summed E-state index contributed by atoms with van der Waals surface area (Å²) in [6.07, 6.45) is 2.65. The average molecular weight is 234 g/mol. The first-order chi connectivity index (χ1) is 6.29. The molecule has 1 aromatic rings. The Morgan fingerprint density at radius 1 is 1.43 bits per heavy atom. The number of hydrogen-bond donors (Lipinski definition) is 2. The van der Waals surface area contributed by atoms with Crippen LogP contribution in [-0.2, 0) is 0 Å². The van der Waals surface area contributed by atoms with E-state index in [4.69, 9.17) is 10.8 Å². The molecule has 0 saturated heterocycles. The SMILES string of the molecule is CSc1ccccc1C(N)CCO.Cl. The van der Waals surface area contributed by atoms with Crippen molar-refractivity contribution in [3.05, 3.63) is 29.8 Å². The van der Waals surface area contributed by atoms with Gasteiger partial charge in [0.15, 0.2) is 0 Å². The van der Waals surface area contributed by atoms with Crippen LogP contribution < -0.4 is 5.73 Å². The van der Waals surface area contributed by atoms with Gasteiger partial charge in [0.2, 0.25) is 0 Å². The molecule has 14 heavy (non-hydrogen) atoms. The minimum absolute atomic E-state index is 0. The zero-order valence-corrected chi connectivity index (χ0v) is 9.78. The third kappa shape index (κ3) is 3.50. The molecule has 0 aromatic heterocycles. The first kappa shape index (κ1) is 13.8. The van der Waals surface area contributed by atoms with Gasteiger partial charge in [0.25, 0.3) is 0 Å². The topological polar surface area (TPSA) is 46.2 Å². The lowest BCUT2D eigenvalue weighted by Gasteiger charge is -2.13. The Bertz CT molecular complexity index is 270. The lowest BCUT2D eigenvalue weighted by molar-refractivity contribution is 0.276. The Labute approximate surface area is 95.3 Å². The quantitative estimate of drug-likeness (QED) is 0.784. The van der Waals surface area contributed by atoms with E-state index in [1.807, 2.05) is 24.5 Å². The van der Waals surface area contributed by atoms with E-state index in [9.17, 15) is 0 Å². The molecule has 0 aliphatic rings. The van der Waals surface area contributed by atoms with Crippen molar-refractivity contribution in [1.82, 2.24) is 0 Å². The highest BCUT2D eigenvalue weighted by Gasteiger charge is 2.08. The maximum absolute atomic E-state index is 8.77. The second-order valence-electron chi connectivity index (χ2n) is 2.86. The summed E-state index contributed by atoms with van der Waals surface area (Å²) in [5.41, 5.74) is 7.04. The van der Waals surface area contributed by atoms with Crippen molar-refractivity contribution in [3.8, 4) is 0 Å². The van der Waals surface area contributed by atoms with Gasteiger partial charge in [-0.2, -0.15) is 0 Å². The standard InChI is InChI=1S/C10H15NOS.ClH/c1-13-10-5-3-2-4-8(10)9(11)6-7-12;/h2-5,9,12H,6-7,11H2,1H3;1H. The summed E-state index contributed by atoms with van der Waals surface area (Å²) in [7, 11) is 0. The Morgan fingerprint density at radius 2 is 2.07 bits per heavy atom. The Hall–Kier alpha value is -0.220. The number of halogens is 1. The summed E-state index contributed by atoms with van der Waals surface area (Å²) in [5, 5.41) is 8.77. The molecule has 0 spiro atoms. The van der Waals surface area contributed by atoms with Crippen molar-refractivity contribution in [2.45, 2.75) is 17.4 Å². The van der Waals surface area contributed by atoms with Crippen molar-refractivity contribution >= 4 is 24.2 Å². The minimum atomic E-state index is -0.0475. The Morgan fingerprint density at radius 3 is 2.64 bits per heavy atom. The molecule has 0 aliphatic heterocycles. The third-order valence-electron chi connectivity index (χ3n) is 1.98. The lowest BCUT2D eigenvalue weighted by atomic mass is 10.1. The number of thioether (sulfide) groups is 1. The van der Waals surface area contributed by atoms with Crippen LogP contribution in [0.15, 0.2) is 29.2 Å². The van der Waals surface area contributed by atoms with E-state index in [1.165, 1.54) is 4.90 Å². The summed E-state index contributed by atoms with van der Waals surface area (Å²) in [6.45, 7) is 0.143. The van der Waals surface area contributed by atoms with Crippen LogP contribution >= 0.6 is 24.2 Å². The maximum Gasteiger partial charge on any atom is 0.0449 e. The molecule has 0 heterocycles. The normalized spacial score (nSPS) is 11.9. The van der Waals surface area contributed by atoms with Crippen LogP contribution in [0.4, 0.5) is 0 Å². The number of benzene rings is 1. The maximum atomic E-state index is 8.77. The largest absolute Gasteiger partial charge is 0.396 e. The molecule has 0 fully saturated rings. The van der Waals surface area contributed by atoms with E-state index < -0.39 is 0 Å². The first-order valence-corrected chi connectivity index (χ1v) is 5.51. The molecule has 4 heteroatoms. The highest BCUT2D eigenvalue weighted by Crippen LogP contribution is 2.25. The molecule has 2 nitrogen and oxygen atoms in total. The van der Waals surface area contributed by atoms with Gasteiger partial charge in [-0.05, 0) is 24.3 Å². The number of hydrogen-bond acceptors (Lipinski definition) is 3. The van der Waals surface area contributed by atoms with Crippen LogP contribution in [0.1, 0.15) is 18.0 Å². The molecule has 0 radical (unpaired) electrons. The van der Waals surface area contributed by atoms with E-state index in [-0.39, 0.29) is 25.1 Å². The van der Waals surface area contributed by atoms with Gasteiger partial charge in [-0.15, -0.1) is 24.2 Å². The summed E-state index contributed by atoms with van der Waals surface area (Å²) < 4.78 is 0. The highest BCUT2D eigenvalue weighted by molar-refractivity contribution is 7.98. The molecule has 0 aliphatic carbocycles. The molecule has 0 saturated carbocycles. The second kappa shape index (κ2) is 7.12. The number of nitrogens with two attached hydrogens (primary N) is 1.